The number of aliphatic carboxylic acids is 1. The van der Waals surface area contributed by atoms with Crippen LogP contribution >= 0.6 is 0 Å². The largest absolute Gasteiger partial charge is 0.479 e. The number of aliphatic hydroxyl groups excluding tert-OH is 1. The molecule has 0 bridgehead atoms. The molecule has 1 heterocycles. The van der Waals surface area contributed by atoms with Gasteiger partial charge in [0.15, 0.2) is 6.10 Å². The Hall–Kier alpha value is -2.41. The Labute approximate surface area is 108 Å². The maximum atomic E-state index is 11.8. The number of rotatable bonds is 5. The fourth-order valence-electron chi connectivity index (χ4n) is 1.63. The van der Waals surface area contributed by atoms with E-state index in [4.69, 9.17) is 10.2 Å². The van der Waals surface area contributed by atoms with Crippen molar-refractivity contribution in [2.24, 2.45) is 0 Å². The monoisotopic (exact) mass is 263 g/mol. The summed E-state index contributed by atoms with van der Waals surface area (Å²) in [4.78, 5) is 22.2. The molecule has 4 N–H and O–H groups in total. The Morgan fingerprint density at radius 1 is 1.42 bits per heavy atom. The molecule has 100 valence electrons. The summed E-state index contributed by atoms with van der Waals surface area (Å²) in [5, 5.41) is 27.5. The third-order valence-corrected chi connectivity index (χ3v) is 2.69. The molecule has 0 aliphatic rings. The van der Waals surface area contributed by atoms with Crippen LogP contribution in [-0.2, 0) is 4.79 Å². The van der Waals surface area contributed by atoms with E-state index in [1.807, 2.05) is 0 Å². The number of aromatic nitrogens is 2. The summed E-state index contributed by atoms with van der Waals surface area (Å²) in [5.41, 5.74) is 1.29. The van der Waals surface area contributed by atoms with Crippen LogP contribution in [-0.4, -0.2) is 44.9 Å². The van der Waals surface area contributed by atoms with E-state index in [1.54, 1.807) is 24.4 Å². The van der Waals surface area contributed by atoms with E-state index >= 15 is 0 Å². The first-order valence-electron chi connectivity index (χ1n) is 5.70. The molecule has 1 amide bonds. The quantitative estimate of drug-likeness (QED) is 0.612. The minimum Gasteiger partial charge on any atom is -0.479 e. The smallest absolute Gasteiger partial charge is 0.332 e. The van der Waals surface area contributed by atoms with Gasteiger partial charge in [-0.25, -0.2) is 4.79 Å². The molecule has 0 radical (unpaired) electrons. The molecule has 2 aromatic rings. The van der Waals surface area contributed by atoms with E-state index in [0.29, 0.717) is 5.56 Å². The standard InChI is InChI=1S/C12H13N3O4/c16-10(12(18)19)3-4-13-11(17)7-1-2-9-8(5-7)6-14-15-9/h1-2,5-6,10,16H,3-4H2,(H,13,17)(H,14,15)(H,18,19). The van der Waals surface area contributed by atoms with Gasteiger partial charge >= 0.3 is 5.97 Å². The van der Waals surface area contributed by atoms with E-state index in [0.717, 1.165) is 10.9 Å². The van der Waals surface area contributed by atoms with Gasteiger partial charge in [0.1, 0.15) is 0 Å². The van der Waals surface area contributed by atoms with Crippen LogP contribution in [0.2, 0.25) is 0 Å². The van der Waals surface area contributed by atoms with Crippen molar-refractivity contribution in [3.8, 4) is 0 Å². The number of carboxylic acid groups (broad SMARTS) is 1. The van der Waals surface area contributed by atoms with Crippen molar-refractivity contribution in [1.29, 1.82) is 0 Å². The van der Waals surface area contributed by atoms with Crippen LogP contribution in [0.25, 0.3) is 10.9 Å². The van der Waals surface area contributed by atoms with Gasteiger partial charge in [0, 0.05) is 23.9 Å². The second-order valence-electron chi connectivity index (χ2n) is 4.07. The Morgan fingerprint density at radius 3 is 2.95 bits per heavy atom. The fourth-order valence-corrected chi connectivity index (χ4v) is 1.63. The Morgan fingerprint density at radius 2 is 2.21 bits per heavy atom. The number of carboxylic acids is 1. The Bertz CT molecular complexity index is 608. The molecule has 1 unspecified atom stereocenters. The van der Waals surface area contributed by atoms with Crippen LogP contribution in [0, 0.1) is 0 Å². The molecule has 1 atom stereocenters. The minimum absolute atomic E-state index is 0.0327. The molecule has 0 spiro atoms. The van der Waals surface area contributed by atoms with Crippen LogP contribution in [0.4, 0.5) is 0 Å². The van der Waals surface area contributed by atoms with Crippen molar-refractivity contribution in [1.82, 2.24) is 15.5 Å². The van der Waals surface area contributed by atoms with Gasteiger partial charge in [0.2, 0.25) is 0 Å². The number of nitrogens with one attached hydrogen (secondary N) is 2. The number of benzene rings is 1. The maximum absolute atomic E-state index is 11.8. The van der Waals surface area contributed by atoms with Gasteiger partial charge in [-0.15, -0.1) is 0 Å². The molecule has 0 saturated heterocycles. The van der Waals surface area contributed by atoms with Gasteiger partial charge in [-0.2, -0.15) is 5.10 Å². The number of hydrogen-bond acceptors (Lipinski definition) is 4. The maximum Gasteiger partial charge on any atom is 0.332 e. The number of hydrogen-bond donors (Lipinski definition) is 4. The average molecular weight is 263 g/mol. The van der Waals surface area contributed by atoms with E-state index in [-0.39, 0.29) is 18.9 Å². The second kappa shape index (κ2) is 5.49. The van der Waals surface area contributed by atoms with Crippen molar-refractivity contribution in [3.63, 3.8) is 0 Å². The fraction of sp³-hybridized carbons (Fsp3) is 0.250. The van der Waals surface area contributed by atoms with Gasteiger partial charge in [-0.1, -0.05) is 0 Å². The summed E-state index contributed by atoms with van der Waals surface area (Å²) in [5.74, 6) is -1.62. The topological polar surface area (TPSA) is 115 Å². The highest BCUT2D eigenvalue weighted by molar-refractivity contribution is 5.97. The first kappa shape index (κ1) is 13.0. The third-order valence-electron chi connectivity index (χ3n) is 2.69. The molecule has 1 aromatic heterocycles. The first-order valence-corrected chi connectivity index (χ1v) is 5.70. The van der Waals surface area contributed by atoms with E-state index < -0.39 is 12.1 Å². The van der Waals surface area contributed by atoms with Crippen LogP contribution in [0.15, 0.2) is 24.4 Å². The molecular weight excluding hydrogens is 250 g/mol. The van der Waals surface area contributed by atoms with Crippen molar-refractivity contribution < 1.29 is 19.8 Å². The minimum atomic E-state index is -1.46. The second-order valence-corrected chi connectivity index (χ2v) is 4.07. The van der Waals surface area contributed by atoms with Crippen molar-refractivity contribution in [2.75, 3.05) is 6.54 Å². The highest BCUT2D eigenvalue weighted by atomic mass is 16.4. The van der Waals surface area contributed by atoms with Gasteiger partial charge in [0.05, 0.1) is 11.7 Å². The van der Waals surface area contributed by atoms with Crippen LogP contribution in [0.3, 0.4) is 0 Å². The molecule has 2 rings (SSSR count). The molecule has 1 aromatic carbocycles. The van der Waals surface area contributed by atoms with Gasteiger partial charge in [-0.05, 0) is 18.2 Å². The Kier molecular flexibility index (Phi) is 3.76. The third kappa shape index (κ3) is 3.08. The highest BCUT2D eigenvalue weighted by Gasteiger charge is 2.13. The van der Waals surface area contributed by atoms with Gasteiger partial charge < -0.3 is 15.5 Å². The predicted molar refractivity (Wildman–Crippen MR) is 66.7 cm³/mol. The lowest BCUT2D eigenvalue weighted by Gasteiger charge is -2.07. The SMILES string of the molecule is O=C(NCCC(O)C(=O)O)c1ccc2[nH]ncc2c1. The zero-order valence-electron chi connectivity index (χ0n) is 9.96. The molecule has 0 aliphatic heterocycles. The van der Waals surface area contributed by atoms with Gasteiger partial charge in [0.25, 0.3) is 5.91 Å². The molecular formula is C12H13N3O4. The first-order chi connectivity index (χ1) is 9.08. The number of nitrogens with zero attached hydrogens (tertiary/aromatic N) is 1. The summed E-state index contributed by atoms with van der Waals surface area (Å²) < 4.78 is 0. The highest BCUT2D eigenvalue weighted by Crippen LogP contribution is 2.12. The number of aliphatic hydroxyl groups is 1. The summed E-state index contributed by atoms with van der Waals surface area (Å²) in [6, 6.07) is 5.06. The summed E-state index contributed by atoms with van der Waals surface area (Å²) >= 11 is 0. The summed E-state index contributed by atoms with van der Waals surface area (Å²) in [6.07, 6.45) is 0.117. The number of carbonyl (C=O) groups excluding carboxylic acids is 1. The summed E-state index contributed by atoms with van der Waals surface area (Å²) in [6.45, 7) is 0.0930. The van der Waals surface area contributed by atoms with Crippen LogP contribution in [0.1, 0.15) is 16.8 Å². The number of amides is 1. The van der Waals surface area contributed by atoms with Gasteiger partial charge in [-0.3, -0.25) is 9.89 Å². The molecule has 7 nitrogen and oxygen atoms in total. The number of fused-ring (bicyclic) bond motifs is 1. The zero-order valence-corrected chi connectivity index (χ0v) is 9.96. The van der Waals surface area contributed by atoms with E-state index in [2.05, 4.69) is 15.5 Å². The lowest BCUT2D eigenvalue weighted by atomic mass is 10.1. The zero-order chi connectivity index (χ0) is 13.8. The van der Waals surface area contributed by atoms with Crippen molar-refractivity contribution >= 4 is 22.8 Å². The summed E-state index contributed by atoms with van der Waals surface area (Å²) in [7, 11) is 0. The molecule has 0 aliphatic carbocycles. The average Bonchev–Trinajstić information content (AvgIpc) is 2.85. The lowest BCUT2D eigenvalue weighted by molar-refractivity contribution is -0.146. The van der Waals surface area contributed by atoms with Crippen molar-refractivity contribution in [2.45, 2.75) is 12.5 Å². The lowest BCUT2D eigenvalue weighted by Crippen LogP contribution is -2.30. The molecule has 0 fully saturated rings. The molecule has 19 heavy (non-hydrogen) atoms. The molecule has 0 saturated carbocycles. The van der Waals surface area contributed by atoms with Crippen LogP contribution in [0.5, 0.6) is 0 Å². The number of carbonyl (C=O) groups is 2. The van der Waals surface area contributed by atoms with Crippen LogP contribution < -0.4 is 5.32 Å². The number of aromatic amines is 1. The normalized spacial score (nSPS) is 12.3. The Balaban J connectivity index is 1.94. The van der Waals surface area contributed by atoms with Crippen molar-refractivity contribution in [3.05, 3.63) is 30.0 Å². The molecule has 7 heteroatoms. The van der Waals surface area contributed by atoms with E-state index in [9.17, 15) is 9.59 Å². The predicted octanol–water partition coefficient (Wildman–Crippen LogP) is 0.128. The number of H-pyrrole nitrogens is 1. The van der Waals surface area contributed by atoms with E-state index in [1.165, 1.54) is 0 Å².